The van der Waals surface area contributed by atoms with E-state index in [1.165, 1.54) is 18.6 Å². The van der Waals surface area contributed by atoms with Crippen LogP contribution in [0.2, 0.25) is 0 Å². The average Bonchev–Trinajstić information content (AvgIpc) is 2.33. The van der Waals surface area contributed by atoms with Crippen LogP contribution in [0, 0.1) is 6.92 Å². The largest absolute Gasteiger partial charge is 0.397 e. The maximum absolute atomic E-state index is 11.7. The van der Waals surface area contributed by atoms with Gasteiger partial charge < -0.3 is 11.1 Å². The van der Waals surface area contributed by atoms with Gasteiger partial charge in [-0.05, 0) is 19.1 Å². The van der Waals surface area contributed by atoms with Crippen LogP contribution in [0.15, 0.2) is 30.7 Å². The molecule has 0 bridgehead atoms. The van der Waals surface area contributed by atoms with Gasteiger partial charge in [0.1, 0.15) is 11.5 Å². The molecule has 3 N–H and O–H groups in total. The highest BCUT2D eigenvalue weighted by Crippen LogP contribution is 2.07. The fourth-order valence-corrected chi connectivity index (χ4v) is 1.17. The Labute approximate surface area is 97.9 Å². The fraction of sp³-hybridized carbons (Fsp3) is 0.0909. The molecule has 2 rings (SSSR count). The molecule has 86 valence electrons. The number of anilines is 2. The lowest BCUT2D eigenvalue weighted by Gasteiger charge is -2.03. The van der Waals surface area contributed by atoms with Gasteiger partial charge in [0.2, 0.25) is 0 Å². The van der Waals surface area contributed by atoms with Gasteiger partial charge in [0.25, 0.3) is 5.91 Å². The predicted molar refractivity (Wildman–Crippen MR) is 63.4 cm³/mol. The van der Waals surface area contributed by atoms with E-state index in [0.29, 0.717) is 11.5 Å². The number of carbonyl (C=O) groups is 1. The van der Waals surface area contributed by atoms with Crippen molar-refractivity contribution < 1.29 is 4.79 Å². The van der Waals surface area contributed by atoms with Crippen LogP contribution in [-0.2, 0) is 0 Å². The van der Waals surface area contributed by atoms with Gasteiger partial charge in [0, 0.05) is 6.20 Å². The van der Waals surface area contributed by atoms with Gasteiger partial charge in [-0.2, -0.15) is 0 Å². The lowest BCUT2D eigenvalue weighted by molar-refractivity contribution is 0.102. The first-order valence-corrected chi connectivity index (χ1v) is 4.96. The summed E-state index contributed by atoms with van der Waals surface area (Å²) in [5.74, 6) is 0.0707. The van der Waals surface area contributed by atoms with Gasteiger partial charge in [-0.1, -0.05) is 0 Å². The highest BCUT2D eigenvalue weighted by Gasteiger charge is 2.08. The van der Waals surface area contributed by atoms with Gasteiger partial charge in [-0.25, -0.2) is 9.97 Å². The van der Waals surface area contributed by atoms with Crippen molar-refractivity contribution in [3.05, 3.63) is 42.1 Å². The van der Waals surface area contributed by atoms with E-state index in [1.807, 2.05) is 0 Å². The summed E-state index contributed by atoms with van der Waals surface area (Å²) < 4.78 is 0. The van der Waals surface area contributed by atoms with E-state index in [2.05, 4.69) is 20.3 Å². The Morgan fingerprint density at radius 2 is 2.00 bits per heavy atom. The summed E-state index contributed by atoms with van der Waals surface area (Å²) in [4.78, 5) is 23.6. The Bertz CT molecular complexity index is 521. The third-order valence-electron chi connectivity index (χ3n) is 2.04. The lowest BCUT2D eigenvalue weighted by Crippen LogP contribution is -2.15. The Balaban J connectivity index is 2.11. The molecule has 2 heterocycles. The number of hydrogen-bond acceptors (Lipinski definition) is 5. The van der Waals surface area contributed by atoms with E-state index in [0.717, 1.165) is 5.69 Å². The van der Waals surface area contributed by atoms with Gasteiger partial charge in [0.05, 0.1) is 23.8 Å². The highest BCUT2D eigenvalue weighted by atomic mass is 16.1. The summed E-state index contributed by atoms with van der Waals surface area (Å²) in [6.45, 7) is 1.80. The van der Waals surface area contributed by atoms with E-state index in [-0.39, 0.29) is 11.6 Å². The highest BCUT2D eigenvalue weighted by molar-refractivity contribution is 6.02. The molecular formula is C11H11N5O. The SMILES string of the molecule is Cc1cnc(C(=O)Nc2ccc(N)cn2)cn1. The Morgan fingerprint density at radius 3 is 2.59 bits per heavy atom. The molecule has 0 aliphatic carbocycles. The molecule has 0 atom stereocenters. The van der Waals surface area contributed by atoms with Crippen molar-refractivity contribution in [3.63, 3.8) is 0 Å². The third kappa shape index (κ3) is 2.75. The standard InChI is InChI=1S/C11H11N5O/c1-7-4-14-9(6-13-7)11(17)16-10-3-2-8(12)5-15-10/h2-6H,12H2,1H3,(H,15,16,17). The van der Waals surface area contributed by atoms with E-state index in [1.54, 1.807) is 19.1 Å². The van der Waals surface area contributed by atoms with Crippen LogP contribution in [0.25, 0.3) is 0 Å². The number of carbonyl (C=O) groups excluding carboxylic acids is 1. The van der Waals surface area contributed by atoms with Crippen molar-refractivity contribution in [3.8, 4) is 0 Å². The molecule has 6 heteroatoms. The quantitative estimate of drug-likeness (QED) is 0.801. The number of aryl methyl sites for hydroxylation is 1. The third-order valence-corrected chi connectivity index (χ3v) is 2.04. The van der Waals surface area contributed by atoms with Crippen molar-refractivity contribution in [2.75, 3.05) is 11.1 Å². The van der Waals surface area contributed by atoms with Crippen LogP contribution in [0.3, 0.4) is 0 Å². The molecule has 6 nitrogen and oxygen atoms in total. The monoisotopic (exact) mass is 229 g/mol. The summed E-state index contributed by atoms with van der Waals surface area (Å²) in [5, 5.41) is 2.60. The molecule has 0 saturated heterocycles. The minimum atomic E-state index is -0.352. The summed E-state index contributed by atoms with van der Waals surface area (Å²) in [7, 11) is 0. The first-order valence-electron chi connectivity index (χ1n) is 4.96. The topological polar surface area (TPSA) is 93.8 Å². The maximum Gasteiger partial charge on any atom is 0.277 e. The molecule has 2 aromatic heterocycles. The van der Waals surface area contributed by atoms with Crippen LogP contribution in [0.5, 0.6) is 0 Å². The Morgan fingerprint density at radius 1 is 1.18 bits per heavy atom. The van der Waals surface area contributed by atoms with Crippen LogP contribution in [0.1, 0.15) is 16.2 Å². The van der Waals surface area contributed by atoms with E-state index in [9.17, 15) is 4.79 Å². The molecule has 0 aliphatic rings. The number of nitrogens with two attached hydrogens (primary N) is 1. The number of hydrogen-bond donors (Lipinski definition) is 2. The number of nitrogens with zero attached hydrogens (tertiary/aromatic N) is 3. The number of nitrogen functional groups attached to an aromatic ring is 1. The van der Waals surface area contributed by atoms with Crippen LogP contribution in [-0.4, -0.2) is 20.9 Å². The van der Waals surface area contributed by atoms with Crippen molar-refractivity contribution >= 4 is 17.4 Å². The number of pyridine rings is 1. The summed E-state index contributed by atoms with van der Waals surface area (Å²) >= 11 is 0. The Hall–Kier alpha value is -2.50. The van der Waals surface area contributed by atoms with E-state index < -0.39 is 0 Å². The van der Waals surface area contributed by atoms with Crippen LogP contribution < -0.4 is 11.1 Å². The fourth-order valence-electron chi connectivity index (χ4n) is 1.17. The van der Waals surface area contributed by atoms with E-state index in [4.69, 9.17) is 5.73 Å². The number of amides is 1. The molecule has 0 saturated carbocycles. The average molecular weight is 229 g/mol. The molecule has 1 amide bonds. The minimum absolute atomic E-state index is 0.245. The number of aromatic nitrogens is 3. The summed E-state index contributed by atoms with van der Waals surface area (Å²) in [5.41, 5.74) is 7.03. The van der Waals surface area contributed by atoms with Gasteiger partial charge in [0.15, 0.2) is 0 Å². The molecule has 0 unspecified atom stereocenters. The number of rotatable bonds is 2. The molecule has 0 aliphatic heterocycles. The van der Waals surface area contributed by atoms with Crippen LogP contribution >= 0.6 is 0 Å². The maximum atomic E-state index is 11.7. The summed E-state index contributed by atoms with van der Waals surface area (Å²) in [6.07, 6.45) is 4.42. The zero-order chi connectivity index (χ0) is 12.3. The second-order valence-electron chi connectivity index (χ2n) is 3.47. The number of nitrogens with one attached hydrogen (secondary N) is 1. The van der Waals surface area contributed by atoms with Crippen molar-refractivity contribution in [2.24, 2.45) is 0 Å². The molecule has 17 heavy (non-hydrogen) atoms. The first-order chi connectivity index (χ1) is 8.15. The van der Waals surface area contributed by atoms with E-state index >= 15 is 0 Å². The molecule has 0 radical (unpaired) electrons. The molecule has 2 aromatic rings. The first kappa shape index (κ1) is 11.0. The van der Waals surface area contributed by atoms with Crippen LogP contribution in [0.4, 0.5) is 11.5 Å². The molecular weight excluding hydrogens is 218 g/mol. The van der Waals surface area contributed by atoms with Crippen molar-refractivity contribution in [1.82, 2.24) is 15.0 Å². The normalized spacial score (nSPS) is 9.94. The zero-order valence-electron chi connectivity index (χ0n) is 9.21. The van der Waals surface area contributed by atoms with Gasteiger partial charge in [-0.15, -0.1) is 0 Å². The van der Waals surface area contributed by atoms with Gasteiger partial charge >= 0.3 is 0 Å². The second-order valence-corrected chi connectivity index (χ2v) is 3.47. The smallest absolute Gasteiger partial charge is 0.277 e. The lowest BCUT2D eigenvalue weighted by atomic mass is 10.3. The molecule has 0 aromatic carbocycles. The van der Waals surface area contributed by atoms with Crippen molar-refractivity contribution in [1.29, 1.82) is 0 Å². The minimum Gasteiger partial charge on any atom is -0.397 e. The zero-order valence-corrected chi connectivity index (χ0v) is 9.21. The van der Waals surface area contributed by atoms with Gasteiger partial charge in [-0.3, -0.25) is 9.78 Å². The second kappa shape index (κ2) is 4.56. The predicted octanol–water partition coefficient (Wildman–Crippen LogP) is 1.01. The van der Waals surface area contributed by atoms with Crippen molar-refractivity contribution in [2.45, 2.75) is 6.92 Å². The Kier molecular flexibility index (Phi) is 2.95. The molecule has 0 fully saturated rings. The summed E-state index contributed by atoms with van der Waals surface area (Å²) in [6, 6.07) is 3.28. The molecule has 0 spiro atoms.